The van der Waals surface area contributed by atoms with E-state index in [1.165, 1.54) is 0 Å². The molecular weight excluding hydrogens is 316 g/mol. The summed E-state index contributed by atoms with van der Waals surface area (Å²) in [5, 5.41) is 13.0. The van der Waals surface area contributed by atoms with Gasteiger partial charge in [-0.2, -0.15) is 0 Å². The minimum absolute atomic E-state index is 0.228. The lowest BCUT2D eigenvalue weighted by Gasteiger charge is -2.16. The standard InChI is InChI=1S/C20H18N2O3/c1-13-6-2-3-7-15(13)12-17(20(24)25)22-19(23)16-10-4-8-14-9-5-11-21-18(14)16/h2-11,17H,12H2,1H3,(H,22,23)(H,24,25)/t17-/m1/s1. The summed E-state index contributed by atoms with van der Waals surface area (Å²) >= 11 is 0. The van der Waals surface area contributed by atoms with E-state index in [-0.39, 0.29) is 6.42 Å². The molecule has 5 nitrogen and oxygen atoms in total. The van der Waals surface area contributed by atoms with Crippen LogP contribution in [-0.2, 0) is 11.2 Å². The third-order valence-electron chi connectivity index (χ3n) is 4.17. The molecule has 0 aliphatic heterocycles. The molecule has 25 heavy (non-hydrogen) atoms. The van der Waals surface area contributed by atoms with E-state index in [0.29, 0.717) is 11.1 Å². The van der Waals surface area contributed by atoms with E-state index >= 15 is 0 Å². The lowest BCUT2D eigenvalue weighted by molar-refractivity contribution is -0.139. The normalized spacial score (nSPS) is 11.9. The predicted octanol–water partition coefficient (Wildman–Crippen LogP) is 2.97. The van der Waals surface area contributed by atoms with Gasteiger partial charge in [0, 0.05) is 18.0 Å². The topological polar surface area (TPSA) is 79.3 Å². The number of aryl methyl sites for hydroxylation is 1. The van der Waals surface area contributed by atoms with Crippen LogP contribution in [0, 0.1) is 6.92 Å². The van der Waals surface area contributed by atoms with Gasteiger partial charge >= 0.3 is 5.97 Å². The number of rotatable bonds is 5. The monoisotopic (exact) mass is 334 g/mol. The number of fused-ring (bicyclic) bond motifs is 1. The lowest BCUT2D eigenvalue weighted by Crippen LogP contribution is -2.42. The summed E-state index contributed by atoms with van der Waals surface area (Å²) in [4.78, 5) is 28.5. The van der Waals surface area contributed by atoms with Gasteiger partial charge in [-0.15, -0.1) is 0 Å². The van der Waals surface area contributed by atoms with Crippen LogP contribution >= 0.6 is 0 Å². The quantitative estimate of drug-likeness (QED) is 0.752. The second-order valence-electron chi connectivity index (χ2n) is 5.88. The highest BCUT2D eigenvalue weighted by atomic mass is 16.4. The van der Waals surface area contributed by atoms with Crippen molar-refractivity contribution in [3.05, 3.63) is 77.5 Å². The highest BCUT2D eigenvalue weighted by Gasteiger charge is 2.22. The maximum Gasteiger partial charge on any atom is 0.326 e. The highest BCUT2D eigenvalue weighted by molar-refractivity contribution is 6.06. The second-order valence-corrected chi connectivity index (χ2v) is 5.88. The van der Waals surface area contributed by atoms with E-state index in [9.17, 15) is 14.7 Å². The Balaban J connectivity index is 1.86. The van der Waals surface area contributed by atoms with Crippen LogP contribution in [0.2, 0.25) is 0 Å². The minimum Gasteiger partial charge on any atom is -0.480 e. The number of hydrogen-bond donors (Lipinski definition) is 2. The summed E-state index contributed by atoms with van der Waals surface area (Å²) in [5.41, 5.74) is 2.82. The number of benzene rings is 2. The van der Waals surface area contributed by atoms with Crippen molar-refractivity contribution in [2.45, 2.75) is 19.4 Å². The number of carbonyl (C=O) groups excluding carboxylic acids is 1. The number of aliphatic carboxylic acids is 1. The van der Waals surface area contributed by atoms with E-state index in [2.05, 4.69) is 10.3 Å². The van der Waals surface area contributed by atoms with Crippen LogP contribution in [0.15, 0.2) is 60.8 Å². The Labute approximate surface area is 145 Å². The largest absolute Gasteiger partial charge is 0.480 e. The van der Waals surface area contributed by atoms with Crippen LogP contribution in [0.4, 0.5) is 0 Å². The van der Waals surface area contributed by atoms with Gasteiger partial charge in [-0.1, -0.05) is 42.5 Å². The maximum absolute atomic E-state index is 12.6. The average Bonchev–Trinajstić information content (AvgIpc) is 2.62. The molecular formula is C20H18N2O3. The van der Waals surface area contributed by atoms with Gasteiger partial charge in [-0.3, -0.25) is 9.78 Å². The number of hydrogen-bond acceptors (Lipinski definition) is 3. The second kappa shape index (κ2) is 7.13. The van der Waals surface area contributed by atoms with E-state index in [1.54, 1.807) is 24.4 Å². The van der Waals surface area contributed by atoms with Crippen molar-refractivity contribution in [1.82, 2.24) is 10.3 Å². The van der Waals surface area contributed by atoms with Crippen molar-refractivity contribution in [2.75, 3.05) is 0 Å². The molecule has 0 saturated heterocycles. The first-order valence-corrected chi connectivity index (χ1v) is 7.98. The molecule has 0 aliphatic rings. The van der Waals surface area contributed by atoms with Gasteiger partial charge in [0.1, 0.15) is 6.04 Å². The van der Waals surface area contributed by atoms with Crippen molar-refractivity contribution in [3.63, 3.8) is 0 Å². The molecule has 1 heterocycles. The molecule has 0 aliphatic carbocycles. The molecule has 0 fully saturated rings. The van der Waals surface area contributed by atoms with Crippen molar-refractivity contribution in [1.29, 1.82) is 0 Å². The number of carbonyl (C=O) groups is 2. The van der Waals surface area contributed by atoms with Crippen LogP contribution in [-0.4, -0.2) is 28.0 Å². The van der Waals surface area contributed by atoms with Crippen molar-refractivity contribution in [2.24, 2.45) is 0 Å². The number of carboxylic acid groups (broad SMARTS) is 1. The zero-order chi connectivity index (χ0) is 17.8. The third kappa shape index (κ3) is 3.66. The first-order valence-electron chi connectivity index (χ1n) is 7.98. The van der Waals surface area contributed by atoms with Gasteiger partial charge in [-0.25, -0.2) is 4.79 Å². The van der Waals surface area contributed by atoms with Gasteiger partial charge in [0.05, 0.1) is 11.1 Å². The fourth-order valence-corrected chi connectivity index (χ4v) is 2.78. The Bertz CT molecular complexity index is 932. The fraction of sp³-hybridized carbons (Fsp3) is 0.150. The van der Waals surface area contributed by atoms with E-state index in [4.69, 9.17) is 0 Å². The zero-order valence-electron chi connectivity index (χ0n) is 13.8. The van der Waals surface area contributed by atoms with Gasteiger partial charge in [-0.05, 0) is 30.2 Å². The highest BCUT2D eigenvalue weighted by Crippen LogP contribution is 2.16. The molecule has 2 aromatic carbocycles. The molecule has 1 atom stereocenters. The molecule has 2 N–H and O–H groups in total. The fourth-order valence-electron chi connectivity index (χ4n) is 2.78. The number of nitrogens with one attached hydrogen (secondary N) is 1. The Hall–Kier alpha value is -3.21. The Morgan fingerprint density at radius 1 is 1.08 bits per heavy atom. The number of para-hydroxylation sites is 1. The van der Waals surface area contributed by atoms with Crippen LogP contribution in [0.25, 0.3) is 10.9 Å². The number of nitrogens with zero attached hydrogens (tertiary/aromatic N) is 1. The van der Waals surface area contributed by atoms with Crippen LogP contribution in [0.3, 0.4) is 0 Å². The summed E-state index contributed by atoms with van der Waals surface area (Å²) in [6.07, 6.45) is 1.84. The minimum atomic E-state index is -1.07. The number of pyridine rings is 1. The zero-order valence-corrected chi connectivity index (χ0v) is 13.8. The van der Waals surface area contributed by atoms with Crippen LogP contribution < -0.4 is 5.32 Å². The molecule has 1 aromatic heterocycles. The Morgan fingerprint density at radius 2 is 1.84 bits per heavy atom. The van der Waals surface area contributed by atoms with Gasteiger partial charge in [0.25, 0.3) is 5.91 Å². The molecule has 126 valence electrons. The number of aromatic nitrogens is 1. The SMILES string of the molecule is Cc1ccccc1C[C@@H](NC(=O)c1cccc2cccnc12)C(=O)O. The van der Waals surface area contributed by atoms with Crippen molar-refractivity contribution < 1.29 is 14.7 Å². The lowest BCUT2D eigenvalue weighted by atomic mass is 10.0. The molecule has 3 aromatic rings. The smallest absolute Gasteiger partial charge is 0.326 e. The average molecular weight is 334 g/mol. The molecule has 0 bridgehead atoms. The molecule has 0 spiro atoms. The summed E-state index contributed by atoms with van der Waals surface area (Å²) in [6.45, 7) is 1.92. The molecule has 0 saturated carbocycles. The summed E-state index contributed by atoms with van der Waals surface area (Å²) < 4.78 is 0. The molecule has 0 unspecified atom stereocenters. The molecule has 1 amide bonds. The Kier molecular flexibility index (Phi) is 4.75. The van der Waals surface area contributed by atoms with Crippen LogP contribution in [0.5, 0.6) is 0 Å². The van der Waals surface area contributed by atoms with Crippen molar-refractivity contribution >= 4 is 22.8 Å². The first kappa shape index (κ1) is 16.6. The van der Waals surface area contributed by atoms with Gasteiger partial charge < -0.3 is 10.4 Å². The van der Waals surface area contributed by atoms with E-state index < -0.39 is 17.9 Å². The summed E-state index contributed by atoms with van der Waals surface area (Å²) in [5.74, 6) is -1.50. The summed E-state index contributed by atoms with van der Waals surface area (Å²) in [6, 6.07) is 15.5. The molecule has 5 heteroatoms. The predicted molar refractivity (Wildman–Crippen MR) is 95.5 cm³/mol. The van der Waals surface area contributed by atoms with Gasteiger partial charge in [0.2, 0.25) is 0 Å². The van der Waals surface area contributed by atoms with Crippen molar-refractivity contribution in [3.8, 4) is 0 Å². The third-order valence-corrected chi connectivity index (χ3v) is 4.17. The maximum atomic E-state index is 12.6. The number of carboxylic acids is 1. The molecule has 0 radical (unpaired) electrons. The van der Waals surface area contributed by atoms with Gasteiger partial charge in [0.15, 0.2) is 0 Å². The first-order chi connectivity index (χ1) is 12.1. The van der Waals surface area contributed by atoms with E-state index in [1.807, 2.05) is 43.3 Å². The Morgan fingerprint density at radius 3 is 2.60 bits per heavy atom. The summed E-state index contributed by atoms with van der Waals surface area (Å²) in [7, 11) is 0. The molecule has 3 rings (SSSR count). The van der Waals surface area contributed by atoms with E-state index in [0.717, 1.165) is 16.5 Å². The number of amides is 1. The van der Waals surface area contributed by atoms with Crippen LogP contribution in [0.1, 0.15) is 21.5 Å².